The molecule has 1 amide bonds. The van der Waals surface area contributed by atoms with Crippen LogP contribution >= 0.6 is 0 Å². The van der Waals surface area contributed by atoms with Crippen LogP contribution in [0.1, 0.15) is 46.1 Å². The minimum absolute atomic E-state index is 0.139. The number of ether oxygens (including phenoxy) is 1. The van der Waals surface area contributed by atoms with E-state index in [0.717, 1.165) is 16.7 Å². The zero-order chi connectivity index (χ0) is 24.7. The molecular weight excluding hydrogens is 430 g/mol. The van der Waals surface area contributed by atoms with Gasteiger partial charge in [-0.15, -0.1) is 0 Å². The maximum absolute atomic E-state index is 13.7. The second kappa shape index (κ2) is 9.16. The third-order valence-electron chi connectivity index (χ3n) is 7.69. The maximum atomic E-state index is 13.7. The summed E-state index contributed by atoms with van der Waals surface area (Å²) in [5, 5.41) is 25.1. The average Bonchev–Trinajstić information content (AvgIpc) is 3.04. The van der Waals surface area contributed by atoms with E-state index in [4.69, 9.17) is 4.74 Å². The molecule has 0 radical (unpaired) electrons. The Morgan fingerprint density at radius 1 is 1.15 bits per heavy atom. The Morgan fingerprint density at radius 3 is 2.56 bits per heavy atom. The Kier molecular flexibility index (Phi) is 6.58. The van der Waals surface area contributed by atoms with Crippen molar-refractivity contribution in [3.63, 3.8) is 0 Å². The zero-order valence-electron chi connectivity index (χ0n) is 20.3. The van der Waals surface area contributed by atoms with E-state index in [-0.39, 0.29) is 12.0 Å². The fourth-order valence-electron chi connectivity index (χ4n) is 5.99. The highest BCUT2D eigenvalue weighted by molar-refractivity contribution is 5.94. The molecule has 0 bridgehead atoms. The third-order valence-corrected chi connectivity index (χ3v) is 7.69. The molecule has 4 rings (SSSR count). The van der Waals surface area contributed by atoms with Gasteiger partial charge in [-0.3, -0.25) is 4.79 Å². The van der Waals surface area contributed by atoms with E-state index >= 15 is 0 Å². The van der Waals surface area contributed by atoms with Crippen LogP contribution in [0.4, 0.5) is 0 Å². The van der Waals surface area contributed by atoms with Crippen LogP contribution in [-0.4, -0.2) is 45.4 Å². The molecule has 1 aromatic carbocycles. The lowest BCUT2D eigenvalue weighted by Crippen LogP contribution is -2.59. The zero-order valence-corrected chi connectivity index (χ0v) is 20.3. The number of allylic oxidation sites excluding steroid dienone is 1. The number of benzene rings is 1. The molecule has 1 aromatic rings. The molecule has 1 saturated heterocycles. The molecule has 182 valence electrons. The van der Waals surface area contributed by atoms with Crippen LogP contribution in [0.3, 0.4) is 0 Å². The van der Waals surface area contributed by atoms with Gasteiger partial charge >= 0.3 is 5.97 Å². The minimum Gasteiger partial charge on any atom is -0.444 e. The van der Waals surface area contributed by atoms with Crippen molar-refractivity contribution in [3.8, 4) is 0 Å². The number of rotatable bonds is 2. The summed E-state index contributed by atoms with van der Waals surface area (Å²) >= 11 is 0. The van der Waals surface area contributed by atoms with Gasteiger partial charge in [0.05, 0.1) is 23.5 Å². The summed E-state index contributed by atoms with van der Waals surface area (Å²) in [4.78, 5) is 26.7. The Morgan fingerprint density at radius 2 is 1.85 bits per heavy atom. The summed E-state index contributed by atoms with van der Waals surface area (Å²) in [6.45, 7) is 7.49. The van der Waals surface area contributed by atoms with Crippen molar-refractivity contribution in [2.24, 2.45) is 17.8 Å². The Bertz CT molecular complexity index is 1040. The summed E-state index contributed by atoms with van der Waals surface area (Å²) in [5.41, 5.74) is -0.0129. The number of carbonyl (C=O) groups excluding carboxylic acids is 2. The van der Waals surface area contributed by atoms with Gasteiger partial charge in [0.2, 0.25) is 5.60 Å². The second-order valence-corrected chi connectivity index (χ2v) is 10.5. The molecule has 1 unspecified atom stereocenters. The van der Waals surface area contributed by atoms with E-state index in [9.17, 15) is 19.8 Å². The Labute approximate surface area is 201 Å². The number of carbonyl (C=O) groups is 2. The molecule has 6 heteroatoms. The van der Waals surface area contributed by atoms with Crippen LogP contribution in [0.2, 0.25) is 0 Å². The molecular formula is C28H35NO5. The molecule has 3 aliphatic rings. The number of aliphatic hydroxyl groups excluding tert-OH is 1. The SMILES string of the molecule is CC1=C(C)[C@@H](O)[C@@H]2C=CC[C@H](C)C[C@](C)(O)C=CC(=O)O[C@]23C(=O)N[C@@H](Cc2ccccc2)C13. The molecule has 2 heterocycles. The number of esters is 1. The first-order valence-corrected chi connectivity index (χ1v) is 12.1. The first-order valence-electron chi connectivity index (χ1n) is 12.1. The van der Waals surface area contributed by atoms with Gasteiger partial charge < -0.3 is 20.3 Å². The van der Waals surface area contributed by atoms with E-state index in [1.807, 2.05) is 63.3 Å². The van der Waals surface area contributed by atoms with Gasteiger partial charge in [0.15, 0.2) is 0 Å². The predicted molar refractivity (Wildman–Crippen MR) is 130 cm³/mol. The van der Waals surface area contributed by atoms with E-state index in [0.29, 0.717) is 19.3 Å². The molecule has 2 aliphatic heterocycles. The lowest BCUT2D eigenvalue weighted by molar-refractivity contribution is -0.175. The fourth-order valence-corrected chi connectivity index (χ4v) is 5.99. The van der Waals surface area contributed by atoms with Crippen molar-refractivity contribution < 1.29 is 24.5 Å². The molecule has 1 spiro atoms. The molecule has 6 nitrogen and oxygen atoms in total. The number of hydrogen-bond donors (Lipinski definition) is 3. The quantitative estimate of drug-likeness (QED) is 0.460. The highest BCUT2D eigenvalue weighted by Crippen LogP contribution is 2.50. The van der Waals surface area contributed by atoms with Gasteiger partial charge in [-0.25, -0.2) is 4.79 Å². The summed E-state index contributed by atoms with van der Waals surface area (Å²) in [6.07, 6.45) is 7.20. The molecule has 3 N–H and O–H groups in total. The predicted octanol–water partition coefficient (Wildman–Crippen LogP) is 3.25. The summed E-state index contributed by atoms with van der Waals surface area (Å²) < 4.78 is 6.03. The van der Waals surface area contributed by atoms with Crippen LogP contribution < -0.4 is 5.32 Å². The van der Waals surface area contributed by atoms with Gasteiger partial charge in [-0.2, -0.15) is 0 Å². The van der Waals surface area contributed by atoms with Gasteiger partial charge in [0.1, 0.15) is 0 Å². The van der Waals surface area contributed by atoms with Crippen LogP contribution in [0, 0.1) is 17.8 Å². The third kappa shape index (κ3) is 4.37. The van der Waals surface area contributed by atoms with Crippen molar-refractivity contribution in [1.82, 2.24) is 5.32 Å². The lowest BCUT2D eigenvalue weighted by Gasteiger charge is -2.46. The number of nitrogens with one attached hydrogen (secondary N) is 1. The van der Waals surface area contributed by atoms with Gasteiger partial charge in [-0.05, 0) is 63.2 Å². The summed E-state index contributed by atoms with van der Waals surface area (Å²) in [7, 11) is 0. The molecule has 1 aliphatic carbocycles. The monoisotopic (exact) mass is 465 g/mol. The maximum Gasteiger partial charge on any atom is 0.331 e. The van der Waals surface area contributed by atoms with Crippen molar-refractivity contribution in [2.75, 3.05) is 0 Å². The topological polar surface area (TPSA) is 95.9 Å². The lowest BCUT2D eigenvalue weighted by atomic mass is 9.63. The largest absolute Gasteiger partial charge is 0.444 e. The van der Waals surface area contributed by atoms with E-state index < -0.39 is 41.0 Å². The first kappa shape index (κ1) is 24.4. The van der Waals surface area contributed by atoms with Crippen molar-refractivity contribution in [3.05, 3.63) is 71.3 Å². The summed E-state index contributed by atoms with van der Waals surface area (Å²) in [5.74, 6) is -2.10. The van der Waals surface area contributed by atoms with Crippen molar-refractivity contribution in [1.29, 1.82) is 0 Å². The smallest absolute Gasteiger partial charge is 0.331 e. The van der Waals surface area contributed by atoms with E-state index in [1.165, 1.54) is 12.2 Å². The number of amides is 1. The van der Waals surface area contributed by atoms with Gasteiger partial charge in [0.25, 0.3) is 5.91 Å². The average molecular weight is 466 g/mol. The Hall–Kier alpha value is -2.70. The fraction of sp³-hybridized carbons (Fsp3) is 0.500. The number of aliphatic hydroxyl groups is 2. The van der Waals surface area contributed by atoms with Crippen LogP contribution in [-0.2, 0) is 20.7 Å². The van der Waals surface area contributed by atoms with Crippen LogP contribution in [0.5, 0.6) is 0 Å². The minimum atomic E-state index is -1.57. The number of hydrogen-bond acceptors (Lipinski definition) is 5. The van der Waals surface area contributed by atoms with E-state index in [1.54, 1.807) is 6.92 Å². The Balaban J connectivity index is 1.83. The molecule has 0 saturated carbocycles. The van der Waals surface area contributed by atoms with Crippen molar-refractivity contribution >= 4 is 11.9 Å². The summed E-state index contributed by atoms with van der Waals surface area (Å²) in [6, 6.07) is 9.59. The second-order valence-electron chi connectivity index (χ2n) is 10.5. The van der Waals surface area contributed by atoms with Crippen molar-refractivity contribution in [2.45, 2.75) is 70.3 Å². The molecule has 7 atom stereocenters. The van der Waals surface area contributed by atoms with E-state index in [2.05, 4.69) is 5.32 Å². The highest BCUT2D eigenvalue weighted by Gasteiger charge is 2.66. The van der Waals surface area contributed by atoms with Gasteiger partial charge in [-0.1, -0.05) is 55.0 Å². The molecule has 34 heavy (non-hydrogen) atoms. The molecule has 0 aromatic heterocycles. The molecule has 1 fully saturated rings. The van der Waals surface area contributed by atoms with Gasteiger partial charge in [0, 0.05) is 12.1 Å². The van der Waals surface area contributed by atoms with Crippen LogP contribution in [0.15, 0.2) is 65.8 Å². The standard InChI is InChI=1S/C28H35NO5/c1-17-9-8-12-21-25(31)19(3)18(2)24-22(15-20-10-6-5-7-11-20)29-26(32)28(21,24)34-23(30)13-14-27(4,33)16-17/h5-8,10-14,17,21-22,24-25,31,33H,9,15-16H2,1-4H3,(H,29,32)/t17-,21-,22-,24?,25+,27+,28+/m0/s1. The highest BCUT2D eigenvalue weighted by atomic mass is 16.6. The first-order chi connectivity index (χ1) is 16.0. The normalized spacial score (nSPS) is 38.4. The van der Waals surface area contributed by atoms with Crippen LogP contribution in [0.25, 0.3) is 0 Å².